The molecule has 1 aromatic rings. The standard InChI is InChI=1S/C8H7ClO2S/c1-12-7-3-2-5(9)4-6(7)8(10)11/h2-4H,1H3,(H,10,11). The van der Waals surface area contributed by atoms with Crippen LogP contribution in [0.2, 0.25) is 5.02 Å². The minimum Gasteiger partial charge on any atom is -0.478 e. The van der Waals surface area contributed by atoms with Gasteiger partial charge in [-0.15, -0.1) is 11.8 Å². The fourth-order valence-corrected chi connectivity index (χ4v) is 1.59. The molecule has 1 aromatic carbocycles. The van der Waals surface area contributed by atoms with Crippen molar-refractivity contribution in [2.45, 2.75) is 4.90 Å². The highest BCUT2D eigenvalue weighted by Crippen LogP contribution is 2.23. The second-order valence-electron chi connectivity index (χ2n) is 2.15. The van der Waals surface area contributed by atoms with Crippen LogP contribution >= 0.6 is 23.4 Å². The van der Waals surface area contributed by atoms with Gasteiger partial charge in [0.2, 0.25) is 0 Å². The molecule has 0 bridgehead atoms. The molecule has 0 atom stereocenters. The van der Waals surface area contributed by atoms with Gasteiger partial charge in [-0.1, -0.05) is 11.6 Å². The van der Waals surface area contributed by atoms with E-state index in [4.69, 9.17) is 16.7 Å². The molecule has 0 heterocycles. The predicted octanol–water partition coefficient (Wildman–Crippen LogP) is 2.76. The Hall–Kier alpha value is -0.670. The maximum absolute atomic E-state index is 10.7. The van der Waals surface area contributed by atoms with E-state index in [-0.39, 0.29) is 5.56 Å². The zero-order chi connectivity index (χ0) is 9.14. The molecule has 0 fully saturated rings. The lowest BCUT2D eigenvalue weighted by molar-refractivity contribution is 0.0693. The highest BCUT2D eigenvalue weighted by molar-refractivity contribution is 7.98. The fourth-order valence-electron chi connectivity index (χ4n) is 0.847. The third-order valence-electron chi connectivity index (χ3n) is 1.39. The number of hydrogen-bond acceptors (Lipinski definition) is 2. The molecule has 0 aliphatic heterocycles. The van der Waals surface area contributed by atoms with Crippen LogP contribution in [0.25, 0.3) is 0 Å². The van der Waals surface area contributed by atoms with Gasteiger partial charge in [0, 0.05) is 9.92 Å². The maximum Gasteiger partial charge on any atom is 0.336 e. The van der Waals surface area contributed by atoms with Crippen molar-refractivity contribution in [2.75, 3.05) is 6.26 Å². The highest BCUT2D eigenvalue weighted by atomic mass is 35.5. The summed E-state index contributed by atoms with van der Waals surface area (Å²) in [5, 5.41) is 9.20. The van der Waals surface area contributed by atoms with E-state index < -0.39 is 5.97 Å². The van der Waals surface area contributed by atoms with E-state index in [1.165, 1.54) is 17.8 Å². The normalized spacial score (nSPS) is 9.83. The van der Waals surface area contributed by atoms with Gasteiger partial charge in [0.1, 0.15) is 0 Å². The van der Waals surface area contributed by atoms with E-state index in [9.17, 15) is 4.79 Å². The van der Waals surface area contributed by atoms with Crippen molar-refractivity contribution in [1.29, 1.82) is 0 Å². The molecule has 2 nitrogen and oxygen atoms in total. The van der Waals surface area contributed by atoms with Crippen molar-refractivity contribution >= 4 is 29.3 Å². The number of rotatable bonds is 2. The Morgan fingerprint density at radius 2 is 2.25 bits per heavy atom. The first kappa shape index (κ1) is 9.42. The lowest BCUT2D eigenvalue weighted by Gasteiger charge is -2.01. The van der Waals surface area contributed by atoms with Gasteiger partial charge in [-0.2, -0.15) is 0 Å². The second-order valence-corrected chi connectivity index (χ2v) is 3.43. The third-order valence-corrected chi connectivity index (χ3v) is 2.42. The van der Waals surface area contributed by atoms with Crippen LogP contribution in [0.4, 0.5) is 0 Å². The Morgan fingerprint density at radius 1 is 1.58 bits per heavy atom. The Kier molecular flexibility index (Phi) is 3.00. The fraction of sp³-hybridized carbons (Fsp3) is 0.125. The molecule has 0 saturated carbocycles. The summed E-state index contributed by atoms with van der Waals surface area (Å²) >= 11 is 7.04. The number of carboxylic acid groups (broad SMARTS) is 1. The third kappa shape index (κ3) is 1.93. The van der Waals surface area contributed by atoms with Gasteiger partial charge in [-0.3, -0.25) is 0 Å². The molecule has 0 saturated heterocycles. The van der Waals surface area contributed by atoms with Crippen molar-refractivity contribution in [3.8, 4) is 0 Å². The second kappa shape index (κ2) is 3.83. The van der Waals surface area contributed by atoms with Crippen LogP contribution in [-0.4, -0.2) is 17.3 Å². The topological polar surface area (TPSA) is 37.3 Å². The van der Waals surface area contributed by atoms with Crippen molar-refractivity contribution in [3.05, 3.63) is 28.8 Å². The summed E-state index contributed by atoms with van der Waals surface area (Å²) in [6.45, 7) is 0. The Labute approximate surface area is 79.5 Å². The zero-order valence-electron chi connectivity index (χ0n) is 6.37. The molecule has 4 heteroatoms. The zero-order valence-corrected chi connectivity index (χ0v) is 7.95. The number of benzene rings is 1. The van der Waals surface area contributed by atoms with Crippen LogP contribution in [-0.2, 0) is 0 Å². The Morgan fingerprint density at radius 3 is 2.75 bits per heavy atom. The van der Waals surface area contributed by atoms with Crippen LogP contribution in [0.5, 0.6) is 0 Å². The van der Waals surface area contributed by atoms with Crippen LogP contribution in [0.1, 0.15) is 10.4 Å². The lowest BCUT2D eigenvalue weighted by atomic mass is 10.2. The van der Waals surface area contributed by atoms with Crippen LogP contribution in [0.3, 0.4) is 0 Å². The minimum atomic E-state index is -0.943. The maximum atomic E-state index is 10.7. The average Bonchev–Trinajstić information content (AvgIpc) is 2.04. The molecule has 64 valence electrons. The van der Waals surface area contributed by atoms with Crippen LogP contribution in [0.15, 0.2) is 23.1 Å². The smallest absolute Gasteiger partial charge is 0.336 e. The molecule has 1 rings (SSSR count). The molecular weight excluding hydrogens is 196 g/mol. The number of carbonyl (C=O) groups is 1. The van der Waals surface area contributed by atoms with Crippen molar-refractivity contribution < 1.29 is 9.90 Å². The summed E-state index contributed by atoms with van der Waals surface area (Å²) in [4.78, 5) is 11.4. The minimum absolute atomic E-state index is 0.259. The quantitative estimate of drug-likeness (QED) is 0.750. The van der Waals surface area contributed by atoms with Crippen LogP contribution in [0, 0.1) is 0 Å². The number of carboxylic acids is 1. The molecule has 0 aromatic heterocycles. The van der Waals surface area contributed by atoms with Gasteiger partial charge in [-0.25, -0.2) is 4.79 Å². The summed E-state index contributed by atoms with van der Waals surface area (Å²) in [7, 11) is 0. The van der Waals surface area contributed by atoms with Crippen molar-refractivity contribution in [3.63, 3.8) is 0 Å². The SMILES string of the molecule is CSc1ccc(Cl)cc1C(=O)O. The predicted molar refractivity (Wildman–Crippen MR) is 50.2 cm³/mol. The first-order valence-electron chi connectivity index (χ1n) is 3.22. The molecule has 0 aliphatic carbocycles. The highest BCUT2D eigenvalue weighted by Gasteiger charge is 2.08. The van der Waals surface area contributed by atoms with Crippen LogP contribution < -0.4 is 0 Å². The summed E-state index contributed by atoms with van der Waals surface area (Å²) in [6, 6.07) is 4.84. The van der Waals surface area contributed by atoms with E-state index in [2.05, 4.69) is 0 Å². The van der Waals surface area contributed by atoms with Gasteiger partial charge in [0.05, 0.1) is 5.56 Å². The number of hydrogen-bond donors (Lipinski definition) is 1. The van der Waals surface area contributed by atoms with Crippen molar-refractivity contribution in [2.24, 2.45) is 0 Å². The first-order chi connectivity index (χ1) is 5.65. The molecule has 1 N–H and O–H groups in total. The van der Waals surface area contributed by atoms with E-state index in [0.29, 0.717) is 5.02 Å². The molecule has 0 aliphatic rings. The number of halogens is 1. The van der Waals surface area contributed by atoms with E-state index in [0.717, 1.165) is 4.90 Å². The number of aromatic carboxylic acids is 1. The average molecular weight is 203 g/mol. The lowest BCUT2D eigenvalue weighted by Crippen LogP contribution is -1.98. The van der Waals surface area contributed by atoms with Gasteiger partial charge >= 0.3 is 5.97 Å². The van der Waals surface area contributed by atoms with Gasteiger partial charge < -0.3 is 5.11 Å². The largest absolute Gasteiger partial charge is 0.478 e. The molecule has 0 radical (unpaired) electrons. The molecule has 0 spiro atoms. The summed E-state index contributed by atoms with van der Waals surface area (Å²) < 4.78 is 0. The van der Waals surface area contributed by atoms with Gasteiger partial charge in [0.25, 0.3) is 0 Å². The molecule has 0 amide bonds. The van der Waals surface area contributed by atoms with Gasteiger partial charge in [0.15, 0.2) is 0 Å². The molecule has 12 heavy (non-hydrogen) atoms. The van der Waals surface area contributed by atoms with E-state index in [1.807, 2.05) is 6.26 Å². The summed E-state index contributed by atoms with van der Waals surface area (Å²) in [6.07, 6.45) is 1.83. The van der Waals surface area contributed by atoms with E-state index >= 15 is 0 Å². The molecule has 0 unspecified atom stereocenters. The summed E-state index contributed by atoms with van der Waals surface area (Å²) in [5.41, 5.74) is 0.259. The van der Waals surface area contributed by atoms with Crippen molar-refractivity contribution in [1.82, 2.24) is 0 Å². The van der Waals surface area contributed by atoms with E-state index in [1.54, 1.807) is 12.1 Å². The van der Waals surface area contributed by atoms with Gasteiger partial charge in [-0.05, 0) is 24.5 Å². The number of thioether (sulfide) groups is 1. The molecular formula is C8H7ClO2S. The first-order valence-corrected chi connectivity index (χ1v) is 4.82. The Bertz CT molecular complexity index is 312. The summed E-state index contributed by atoms with van der Waals surface area (Å²) in [5.74, 6) is -0.943. The Balaban J connectivity index is 3.21. The monoisotopic (exact) mass is 202 g/mol.